The Bertz CT molecular complexity index is 531. The predicted octanol–water partition coefficient (Wildman–Crippen LogP) is 5.16. The molecule has 0 aromatic heterocycles. The summed E-state index contributed by atoms with van der Waals surface area (Å²) >= 11 is 0. The third kappa shape index (κ3) is 6.26. The van der Waals surface area contributed by atoms with E-state index < -0.39 is 0 Å². The highest BCUT2D eigenvalue weighted by atomic mass is 16.5. The average Bonchev–Trinajstić information content (AvgIpc) is 2.44. The normalized spacial score (nSPS) is 13.6. The number of benzene rings is 1. The highest BCUT2D eigenvalue weighted by molar-refractivity contribution is 5.65. The van der Waals surface area contributed by atoms with Crippen LogP contribution in [0.15, 0.2) is 29.8 Å². The van der Waals surface area contributed by atoms with Crippen LogP contribution < -0.4 is 4.74 Å². The first-order chi connectivity index (χ1) is 10.6. The van der Waals surface area contributed by atoms with Gasteiger partial charge in [0.25, 0.3) is 0 Å². The van der Waals surface area contributed by atoms with Gasteiger partial charge in [0, 0.05) is 11.1 Å². The molecule has 0 atom stereocenters. The lowest BCUT2D eigenvalue weighted by molar-refractivity contribution is 0.0787. The molecule has 0 aliphatic rings. The molecule has 0 bridgehead atoms. The number of ether oxygens (including phenoxy) is 3. The maximum atomic E-state index is 5.98. The van der Waals surface area contributed by atoms with Gasteiger partial charge in [-0.3, -0.25) is 0 Å². The Morgan fingerprint density at radius 1 is 1.00 bits per heavy atom. The lowest BCUT2D eigenvalue weighted by Gasteiger charge is -2.28. The third-order valence-electron chi connectivity index (χ3n) is 3.50. The van der Waals surface area contributed by atoms with Crippen molar-refractivity contribution in [3.8, 4) is 5.75 Å². The summed E-state index contributed by atoms with van der Waals surface area (Å²) in [6, 6.07) is 7.94. The Morgan fingerprint density at radius 2 is 1.65 bits per heavy atom. The summed E-state index contributed by atoms with van der Waals surface area (Å²) in [4.78, 5) is 0. The molecule has 0 N–H and O–H groups in total. The lowest BCUT2D eigenvalue weighted by atomic mass is 9.84. The van der Waals surface area contributed by atoms with Gasteiger partial charge >= 0.3 is 0 Å². The van der Waals surface area contributed by atoms with E-state index in [1.807, 2.05) is 24.3 Å². The van der Waals surface area contributed by atoms with Gasteiger partial charge in [0.05, 0.1) is 27.4 Å². The van der Waals surface area contributed by atoms with Crippen molar-refractivity contribution in [1.29, 1.82) is 0 Å². The Hall–Kier alpha value is -1.48. The number of hydrogen-bond acceptors (Lipinski definition) is 3. The van der Waals surface area contributed by atoms with Gasteiger partial charge in [-0.15, -0.1) is 0 Å². The van der Waals surface area contributed by atoms with E-state index in [4.69, 9.17) is 14.2 Å². The number of hydrogen-bond donors (Lipinski definition) is 0. The van der Waals surface area contributed by atoms with E-state index in [0.717, 1.165) is 22.6 Å². The molecule has 1 rings (SSSR count). The quantitative estimate of drug-likeness (QED) is 0.677. The molecule has 0 aliphatic heterocycles. The molecular weight excluding hydrogens is 288 g/mol. The van der Waals surface area contributed by atoms with Crippen LogP contribution >= 0.6 is 0 Å². The van der Waals surface area contributed by atoms with E-state index in [-0.39, 0.29) is 10.8 Å². The van der Waals surface area contributed by atoms with Crippen molar-refractivity contribution < 1.29 is 14.2 Å². The smallest absolute Gasteiger partial charge is 0.128 e. The summed E-state index contributed by atoms with van der Waals surface area (Å²) in [6.45, 7) is 14.3. The van der Waals surface area contributed by atoms with Crippen LogP contribution in [0, 0.1) is 10.8 Å². The van der Waals surface area contributed by atoms with E-state index >= 15 is 0 Å². The summed E-state index contributed by atoms with van der Waals surface area (Å²) in [5, 5.41) is 0. The average molecular weight is 320 g/mol. The Labute approximate surface area is 141 Å². The Morgan fingerprint density at radius 3 is 2.13 bits per heavy atom. The van der Waals surface area contributed by atoms with Crippen LogP contribution in [0.25, 0.3) is 5.76 Å². The van der Waals surface area contributed by atoms with E-state index in [0.29, 0.717) is 13.2 Å². The zero-order chi connectivity index (χ0) is 17.7. The van der Waals surface area contributed by atoms with Crippen molar-refractivity contribution in [3.63, 3.8) is 0 Å². The second-order valence-corrected chi connectivity index (χ2v) is 8.05. The summed E-state index contributed by atoms with van der Waals surface area (Å²) < 4.78 is 17.1. The number of rotatable bonds is 6. The van der Waals surface area contributed by atoms with Crippen molar-refractivity contribution in [3.05, 3.63) is 35.4 Å². The molecular formula is C20H32O3. The molecule has 0 saturated carbocycles. The van der Waals surface area contributed by atoms with Crippen molar-refractivity contribution in [2.45, 2.75) is 41.5 Å². The number of methoxy groups -OCH3 is 2. The maximum Gasteiger partial charge on any atom is 0.128 e. The van der Waals surface area contributed by atoms with Crippen LogP contribution in [0.5, 0.6) is 5.75 Å². The van der Waals surface area contributed by atoms with E-state index in [1.54, 1.807) is 14.2 Å². The fourth-order valence-corrected chi connectivity index (χ4v) is 2.26. The topological polar surface area (TPSA) is 27.7 Å². The molecule has 0 aliphatic carbocycles. The molecule has 3 nitrogen and oxygen atoms in total. The first-order valence-corrected chi connectivity index (χ1v) is 8.08. The van der Waals surface area contributed by atoms with Gasteiger partial charge in [0.15, 0.2) is 0 Å². The molecule has 0 unspecified atom stereocenters. The van der Waals surface area contributed by atoms with Crippen LogP contribution in [-0.2, 0) is 9.47 Å². The molecule has 0 spiro atoms. The first kappa shape index (κ1) is 19.6. The van der Waals surface area contributed by atoms with E-state index in [1.165, 1.54) is 0 Å². The molecule has 130 valence electrons. The van der Waals surface area contributed by atoms with Crippen molar-refractivity contribution in [2.24, 2.45) is 10.8 Å². The zero-order valence-corrected chi connectivity index (χ0v) is 15.9. The Balaban J connectivity index is 3.19. The van der Waals surface area contributed by atoms with Gasteiger partial charge in [-0.05, 0) is 23.0 Å². The molecule has 3 heteroatoms. The second kappa shape index (κ2) is 7.87. The van der Waals surface area contributed by atoms with Crippen molar-refractivity contribution in [2.75, 3.05) is 27.4 Å². The van der Waals surface area contributed by atoms with E-state index in [2.05, 4.69) is 41.5 Å². The first-order valence-electron chi connectivity index (χ1n) is 8.08. The molecule has 0 saturated heterocycles. The summed E-state index contributed by atoms with van der Waals surface area (Å²) in [5.41, 5.74) is 2.26. The predicted molar refractivity (Wildman–Crippen MR) is 96.7 cm³/mol. The molecule has 0 fully saturated rings. The second-order valence-electron chi connectivity index (χ2n) is 8.05. The lowest BCUT2D eigenvalue weighted by Crippen LogP contribution is -2.21. The molecule has 0 radical (unpaired) electrons. The molecule has 0 amide bonds. The zero-order valence-electron chi connectivity index (χ0n) is 15.9. The van der Waals surface area contributed by atoms with Crippen LogP contribution in [0.2, 0.25) is 0 Å². The third-order valence-corrected chi connectivity index (χ3v) is 3.50. The highest BCUT2D eigenvalue weighted by Crippen LogP contribution is 2.34. The van der Waals surface area contributed by atoms with Gasteiger partial charge in [0.2, 0.25) is 0 Å². The van der Waals surface area contributed by atoms with Crippen molar-refractivity contribution >= 4 is 5.76 Å². The van der Waals surface area contributed by atoms with Crippen LogP contribution in [-0.4, -0.2) is 27.4 Å². The van der Waals surface area contributed by atoms with Gasteiger partial charge < -0.3 is 14.2 Å². The molecule has 1 aromatic rings. The minimum absolute atomic E-state index is 0.0493. The minimum Gasteiger partial charge on any atom is -0.497 e. The molecule has 23 heavy (non-hydrogen) atoms. The van der Waals surface area contributed by atoms with Crippen LogP contribution in [0.1, 0.15) is 47.1 Å². The highest BCUT2D eigenvalue weighted by Gasteiger charge is 2.24. The van der Waals surface area contributed by atoms with Crippen LogP contribution in [0.3, 0.4) is 0 Å². The summed E-state index contributed by atoms with van der Waals surface area (Å²) in [7, 11) is 3.39. The van der Waals surface area contributed by atoms with Gasteiger partial charge in [-0.25, -0.2) is 0 Å². The van der Waals surface area contributed by atoms with Crippen molar-refractivity contribution in [1.82, 2.24) is 0 Å². The van der Waals surface area contributed by atoms with Crippen LogP contribution in [0.4, 0.5) is 0 Å². The standard InChI is InChI=1S/C20H32O3/c1-19(2,3)14-23-13-17(20(4,5)6)18(22-8)15-10-9-11-16(12-15)21-7/h9-12H,13-14H2,1-8H3/b18-17+. The molecule has 0 heterocycles. The van der Waals surface area contributed by atoms with Gasteiger partial charge in [-0.1, -0.05) is 53.7 Å². The SMILES string of the molecule is CO/C(=C(\COCC(C)(C)C)C(C)(C)C)c1cccc(OC)c1. The molecule has 1 aromatic carbocycles. The maximum absolute atomic E-state index is 5.98. The summed E-state index contributed by atoms with van der Waals surface area (Å²) in [5.74, 6) is 1.69. The Kier molecular flexibility index (Phi) is 6.69. The van der Waals surface area contributed by atoms with E-state index in [9.17, 15) is 0 Å². The fraction of sp³-hybridized carbons (Fsp3) is 0.600. The summed E-state index contributed by atoms with van der Waals surface area (Å²) in [6.07, 6.45) is 0. The largest absolute Gasteiger partial charge is 0.497 e. The van der Waals surface area contributed by atoms with Gasteiger partial charge in [-0.2, -0.15) is 0 Å². The monoisotopic (exact) mass is 320 g/mol. The fourth-order valence-electron chi connectivity index (χ4n) is 2.26. The minimum atomic E-state index is -0.0493. The van der Waals surface area contributed by atoms with Gasteiger partial charge in [0.1, 0.15) is 11.5 Å².